The van der Waals surface area contributed by atoms with Gasteiger partial charge in [-0.15, -0.1) is 0 Å². The molecule has 0 spiro atoms. The molecule has 0 aliphatic carbocycles. The van der Waals surface area contributed by atoms with Gasteiger partial charge in [-0.3, -0.25) is 19.7 Å². The Hall–Kier alpha value is -6.22. The molecule has 0 saturated carbocycles. The molecule has 0 aliphatic rings. The van der Waals surface area contributed by atoms with Crippen LogP contribution in [0.15, 0.2) is 175 Å². The van der Waals surface area contributed by atoms with Crippen LogP contribution in [-0.4, -0.2) is 22.9 Å². The van der Waals surface area contributed by atoms with E-state index in [0.717, 1.165) is 50.3 Å². The fourth-order valence-electron chi connectivity index (χ4n) is 6.54. The monoisotopic (exact) mass is 720 g/mol. The Morgan fingerprint density at radius 1 is 0.698 bits per heavy atom. The van der Waals surface area contributed by atoms with Gasteiger partial charge in [-0.1, -0.05) is 157 Å². The van der Waals surface area contributed by atoms with Gasteiger partial charge in [0.05, 0.1) is 10.6 Å². The molecule has 1 aromatic heterocycles. The van der Waals surface area contributed by atoms with Crippen molar-refractivity contribution in [2.45, 2.75) is 12.0 Å². The second kappa shape index (κ2) is 16.0. The lowest BCUT2D eigenvalue weighted by Gasteiger charge is -2.37. The van der Waals surface area contributed by atoms with Gasteiger partial charge in [0.25, 0.3) is 0 Å². The number of benzene rings is 6. The zero-order valence-electron chi connectivity index (χ0n) is 28.8. The maximum Gasteiger partial charge on any atom is 0.311 e. The number of aromatic nitrogens is 1. The second-order valence-electron chi connectivity index (χ2n) is 12.4. The highest BCUT2D eigenvalue weighted by Gasteiger charge is 2.42. The summed E-state index contributed by atoms with van der Waals surface area (Å²) in [7, 11) is 0. The third kappa shape index (κ3) is 7.55. The summed E-state index contributed by atoms with van der Waals surface area (Å²) in [6.45, 7) is 4.62. The number of nitrogens with zero attached hydrogens (tertiary/aromatic N) is 1. The topological polar surface area (TPSA) is 72.7 Å². The van der Waals surface area contributed by atoms with Gasteiger partial charge >= 0.3 is 4.87 Å². The smallest absolute Gasteiger partial charge is 0.311 e. The quantitative estimate of drug-likeness (QED) is 0.0666. The summed E-state index contributed by atoms with van der Waals surface area (Å²) in [5.74, 6) is 0.338. The minimum atomic E-state index is -1.10. The van der Waals surface area contributed by atoms with Gasteiger partial charge in [-0.05, 0) is 63.2 Å². The Kier molecular flexibility index (Phi) is 10.6. The number of hydrogen-bond donors (Lipinski definition) is 2. The van der Waals surface area contributed by atoms with Crippen molar-refractivity contribution in [1.82, 2.24) is 10.0 Å². The van der Waals surface area contributed by atoms with Gasteiger partial charge in [0.1, 0.15) is 30.3 Å². The van der Waals surface area contributed by atoms with Crippen LogP contribution in [0.1, 0.15) is 32.7 Å². The van der Waals surface area contributed by atoms with Gasteiger partial charge in [-0.2, -0.15) is 0 Å². The molecule has 8 heteroatoms. The van der Waals surface area contributed by atoms with Crippen LogP contribution in [0.4, 0.5) is 4.39 Å². The minimum absolute atomic E-state index is 0.0630. The van der Waals surface area contributed by atoms with Crippen molar-refractivity contribution in [1.29, 1.82) is 0 Å². The molecule has 53 heavy (non-hydrogen) atoms. The van der Waals surface area contributed by atoms with E-state index in [0.29, 0.717) is 29.4 Å². The number of nitrogens with one attached hydrogen (secondary N) is 1. The van der Waals surface area contributed by atoms with Gasteiger partial charge in [0.15, 0.2) is 0 Å². The van der Waals surface area contributed by atoms with Crippen molar-refractivity contribution in [3.63, 3.8) is 0 Å². The fraction of sp³-hybridized carbons (Fsp3) is 0.0889. The molecule has 0 fully saturated rings. The first-order chi connectivity index (χ1) is 25.9. The number of thiazole rings is 1. The molecule has 0 bridgehead atoms. The van der Waals surface area contributed by atoms with E-state index in [1.54, 1.807) is 12.1 Å². The Bertz CT molecular complexity index is 2230. The fourth-order valence-corrected chi connectivity index (χ4v) is 7.48. The summed E-state index contributed by atoms with van der Waals surface area (Å²) >= 11 is 1.05. The van der Waals surface area contributed by atoms with Crippen molar-refractivity contribution in [3.8, 4) is 22.8 Å². The highest BCUT2D eigenvalue weighted by Crippen LogP contribution is 2.43. The van der Waals surface area contributed by atoms with Gasteiger partial charge in [-0.25, -0.2) is 4.39 Å². The predicted molar refractivity (Wildman–Crippen MR) is 210 cm³/mol. The average Bonchev–Trinajstić information content (AvgIpc) is 3.48. The van der Waals surface area contributed by atoms with E-state index in [9.17, 15) is 14.3 Å². The molecule has 6 aromatic carbocycles. The first kappa shape index (κ1) is 35.2. The van der Waals surface area contributed by atoms with Crippen molar-refractivity contribution in [2.75, 3.05) is 13.2 Å². The molecule has 0 aliphatic heterocycles. The van der Waals surface area contributed by atoms with E-state index in [-0.39, 0.29) is 23.2 Å². The van der Waals surface area contributed by atoms with Crippen molar-refractivity contribution < 1.29 is 19.1 Å². The van der Waals surface area contributed by atoms with Crippen LogP contribution in [0.25, 0.3) is 16.8 Å². The number of hydroxylamine groups is 1. The Balaban J connectivity index is 1.00. The zero-order chi connectivity index (χ0) is 36.6. The highest BCUT2D eigenvalue weighted by molar-refractivity contribution is 7.09. The molecule has 0 atom stereocenters. The molecule has 0 radical (unpaired) electrons. The Morgan fingerprint density at radius 3 is 1.74 bits per heavy atom. The maximum atomic E-state index is 14.0. The lowest BCUT2D eigenvalue weighted by molar-refractivity contribution is 0.0541. The SMILES string of the molecule is C=C(NOCCOc1ccc(Cc2sc(=O)n(C(c3ccccc3)(c3ccccc3)c3ccccc3)c2O)cc1)c1ccc(-c2ccc(F)cc2)cc1. The Labute approximate surface area is 311 Å². The number of halogens is 1. The lowest BCUT2D eigenvalue weighted by atomic mass is 9.76. The van der Waals surface area contributed by atoms with Crippen molar-refractivity contribution >= 4 is 17.0 Å². The van der Waals surface area contributed by atoms with Gasteiger partial charge < -0.3 is 9.84 Å². The summed E-state index contributed by atoms with van der Waals surface area (Å²) < 4.78 is 20.7. The molecule has 1 heterocycles. The van der Waals surface area contributed by atoms with E-state index in [1.165, 1.54) is 16.7 Å². The van der Waals surface area contributed by atoms with Crippen LogP contribution in [-0.2, 0) is 16.8 Å². The number of rotatable bonds is 14. The zero-order valence-corrected chi connectivity index (χ0v) is 29.6. The summed E-state index contributed by atoms with van der Waals surface area (Å²) in [5, 5.41) is 11.9. The van der Waals surface area contributed by atoms with Crippen LogP contribution in [0.5, 0.6) is 11.6 Å². The van der Waals surface area contributed by atoms with E-state index in [1.807, 2.05) is 140 Å². The minimum Gasteiger partial charge on any atom is -0.494 e. The third-order valence-corrected chi connectivity index (χ3v) is 10.0. The van der Waals surface area contributed by atoms with Crippen LogP contribution in [0.3, 0.4) is 0 Å². The first-order valence-corrected chi connectivity index (χ1v) is 18.0. The number of ether oxygens (including phenoxy) is 1. The predicted octanol–water partition coefficient (Wildman–Crippen LogP) is 9.42. The van der Waals surface area contributed by atoms with Crippen molar-refractivity contribution in [3.05, 3.63) is 219 Å². The summed E-state index contributed by atoms with van der Waals surface area (Å²) in [5.41, 5.74) is 8.65. The van der Waals surface area contributed by atoms with Crippen LogP contribution >= 0.6 is 11.3 Å². The van der Waals surface area contributed by atoms with E-state index in [2.05, 4.69) is 12.1 Å². The lowest BCUT2D eigenvalue weighted by Crippen LogP contribution is -2.42. The van der Waals surface area contributed by atoms with E-state index >= 15 is 0 Å². The van der Waals surface area contributed by atoms with Crippen LogP contribution < -0.4 is 15.1 Å². The molecular formula is C45H37FN2O4S. The first-order valence-electron chi connectivity index (χ1n) is 17.2. The molecule has 264 valence electrons. The number of aromatic hydroxyl groups is 1. The second-order valence-corrected chi connectivity index (χ2v) is 13.5. The molecule has 6 nitrogen and oxygen atoms in total. The van der Waals surface area contributed by atoms with Gasteiger partial charge in [0.2, 0.25) is 5.88 Å². The molecule has 0 amide bonds. The molecule has 0 saturated heterocycles. The van der Waals surface area contributed by atoms with Crippen LogP contribution in [0, 0.1) is 5.82 Å². The Morgan fingerprint density at radius 2 is 1.21 bits per heavy atom. The summed E-state index contributed by atoms with van der Waals surface area (Å²) in [6, 6.07) is 51.2. The highest BCUT2D eigenvalue weighted by atomic mass is 32.1. The molecule has 7 aromatic rings. The molecule has 7 rings (SSSR count). The molecule has 0 unspecified atom stereocenters. The standard InChI is InChI=1S/C45H37FN2O4S/c1-32(34-19-21-35(22-20-34)36-23-25-40(46)26-24-36)47-52-30-29-51-41-27-17-33(18-28-41)31-42-43(49)48(44(50)53-42)45(37-11-5-2-6-12-37,38-13-7-3-8-14-38)39-15-9-4-10-16-39/h2-28,47,49H,1,29-31H2. The normalized spacial score (nSPS) is 11.3. The van der Waals surface area contributed by atoms with Crippen molar-refractivity contribution in [2.24, 2.45) is 0 Å². The summed E-state index contributed by atoms with van der Waals surface area (Å²) in [4.78, 5) is 19.9. The van der Waals surface area contributed by atoms with Crippen LogP contribution in [0.2, 0.25) is 0 Å². The van der Waals surface area contributed by atoms with E-state index in [4.69, 9.17) is 9.57 Å². The summed E-state index contributed by atoms with van der Waals surface area (Å²) in [6.07, 6.45) is 0.369. The molecular weight excluding hydrogens is 684 g/mol. The van der Waals surface area contributed by atoms with E-state index < -0.39 is 5.54 Å². The maximum absolute atomic E-state index is 14.0. The van der Waals surface area contributed by atoms with Gasteiger partial charge in [0, 0.05) is 6.42 Å². The number of hydrogen-bond acceptors (Lipinski definition) is 6. The average molecular weight is 721 g/mol. The third-order valence-electron chi connectivity index (χ3n) is 9.11. The molecule has 2 N–H and O–H groups in total. The largest absolute Gasteiger partial charge is 0.494 e.